The summed E-state index contributed by atoms with van der Waals surface area (Å²) in [6.07, 6.45) is 7.37. The van der Waals surface area contributed by atoms with Crippen LogP contribution in [0.3, 0.4) is 0 Å². The van der Waals surface area contributed by atoms with Gasteiger partial charge in [0.2, 0.25) is 0 Å². The first-order valence-corrected chi connectivity index (χ1v) is 17.2. The average molecular weight is 666 g/mol. The zero-order valence-electron chi connectivity index (χ0n) is 28.1. The third-order valence-electron chi connectivity index (χ3n) is 9.35. The summed E-state index contributed by atoms with van der Waals surface area (Å²) in [5.74, 6) is 1.93. The van der Waals surface area contributed by atoms with E-state index in [1.54, 1.807) is 0 Å². The van der Waals surface area contributed by atoms with Gasteiger partial charge in [0.1, 0.15) is 0 Å². The van der Waals surface area contributed by atoms with E-state index in [1.807, 2.05) is 85.5 Å². The molecule has 0 bridgehead atoms. The topological polar surface area (TPSA) is 64.5 Å². The van der Waals surface area contributed by atoms with Gasteiger partial charge in [-0.05, 0) is 97.7 Å². The second kappa shape index (κ2) is 13.7. The fourth-order valence-electron chi connectivity index (χ4n) is 6.74. The van der Waals surface area contributed by atoms with Gasteiger partial charge in [-0.1, -0.05) is 121 Å². The van der Waals surface area contributed by atoms with Crippen molar-refractivity contribution in [2.45, 2.75) is 0 Å². The molecule has 0 unspecified atom stereocenters. The van der Waals surface area contributed by atoms with E-state index >= 15 is 0 Å². The van der Waals surface area contributed by atoms with Crippen molar-refractivity contribution >= 4 is 10.8 Å². The van der Waals surface area contributed by atoms with Gasteiger partial charge in [-0.25, -0.2) is 15.0 Å². The lowest BCUT2D eigenvalue weighted by Crippen LogP contribution is -2.00. The van der Waals surface area contributed by atoms with E-state index in [0.29, 0.717) is 17.5 Å². The van der Waals surface area contributed by atoms with Crippen LogP contribution >= 0.6 is 0 Å². The van der Waals surface area contributed by atoms with Crippen LogP contribution in [-0.4, -0.2) is 24.9 Å². The van der Waals surface area contributed by atoms with Crippen molar-refractivity contribution in [1.82, 2.24) is 24.9 Å². The van der Waals surface area contributed by atoms with Crippen LogP contribution in [0.1, 0.15) is 0 Å². The van der Waals surface area contributed by atoms with Gasteiger partial charge in [0.25, 0.3) is 0 Å². The van der Waals surface area contributed by atoms with E-state index in [4.69, 9.17) is 15.0 Å². The molecule has 0 amide bonds. The van der Waals surface area contributed by atoms with Crippen LogP contribution < -0.4 is 0 Å². The molecule has 5 nitrogen and oxygen atoms in total. The lowest BCUT2D eigenvalue weighted by Gasteiger charge is -2.15. The van der Waals surface area contributed by atoms with Gasteiger partial charge in [0.15, 0.2) is 17.5 Å². The summed E-state index contributed by atoms with van der Waals surface area (Å²) in [5.41, 5.74) is 12.0. The number of benzene rings is 6. The Labute approximate surface area is 302 Å². The number of hydrogen-bond donors (Lipinski definition) is 0. The van der Waals surface area contributed by atoms with Crippen LogP contribution in [0.4, 0.5) is 0 Å². The Morgan fingerprint density at radius 3 is 1.08 bits per heavy atom. The van der Waals surface area contributed by atoms with Crippen molar-refractivity contribution in [3.8, 4) is 78.7 Å². The quantitative estimate of drug-likeness (QED) is 0.169. The third kappa shape index (κ3) is 6.12. The fraction of sp³-hybridized carbons (Fsp3) is 0. The van der Waals surface area contributed by atoms with Crippen LogP contribution in [-0.2, 0) is 0 Å². The molecule has 0 atom stereocenters. The van der Waals surface area contributed by atoms with Gasteiger partial charge < -0.3 is 0 Å². The van der Waals surface area contributed by atoms with Crippen molar-refractivity contribution in [3.05, 3.63) is 189 Å². The summed E-state index contributed by atoms with van der Waals surface area (Å²) in [6.45, 7) is 0. The van der Waals surface area contributed by atoms with E-state index < -0.39 is 0 Å². The number of nitrogens with zero attached hydrogens (tertiary/aromatic N) is 5. The van der Waals surface area contributed by atoms with E-state index in [0.717, 1.165) is 55.6 Å². The summed E-state index contributed by atoms with van der Waals surface area (Å²) in [4.78, 5) is 23.2. The summed E-state index contributed by atoms with van der Waals surface area (Å²) in [5, 5.41) is 2.37. The number of aromatic nitrogens is 5. The molecule has 5 heteroatoms. The molecule has 0 aliphatic rings. The summed E-state index contributed by atoms with van der Waals surface area (Å²) < 4.78 is 0. The third-order valence-corrected chi connectivity index (χ3v) is 9.35. The SMILES string of the molecule is c1ccc(-c2nc(-c3ccccc3)nc(-c3ccc(-c4ccc(-c5cc(-c6ccncc6)cc(-c6ccncc6)c5)c5ccccc45)cc3)n2)cc1. The highest BCUT2D eigenvalue weighted by Gasteiger charge is 2.15. The van der Waals surface area contributed by atoms with Crippen molar-refractivity contribution in [3.63, 3.8) is 0 Å². The van der Waals surface area contributed by atoms with Crippen molar-refractivity contribution in [2.24, 2.45) is 0 Å². The highest BCUT2D eigenvalue weighted by molar-refractivity contribution is 6.05. The molecule has 0 radical (unpaired) electrons. The first kappa shape index (κ1) is 30.9. The Bertz CT molecular complexity index is 2530. The van der Waals surface area contributed by atoms with Crippen LogP contribution in [0.15, 0.2) is 189 Å². The summed E-state index contributed by atoms with van der Waals surface area (Å²) in [7, 11) is 0. The minimum absolute atomic E-state index is 0.638. The molecule has 0 spiro atoms. The molecular formula is C47H31N5. The lowest BCUT2D eigenvalue weighted by molar-refractivity contribution is 1.07. The van der Waals surface area contributed by atoms with Crippen molar-refractivity contribution < 1.29 is 0 Å². The molecule has 9 rings (SSSR count). The largest absolute Gasteiger partial charge is 0.265 e. The molecule has 52 heavy (non-hydrogen) atoms. The number of hydrogen-bond acceptors (Lipinski definition) is 5. The fourth-order valence-corrected chi connectivity index (χ4v) is 6.74. The molecule has 6 aromatic carbocycles. The zero-order valence-corrected chi connectivity index (χ0v) is 28.1. The number of pyridine rings is 2. The van der Waals surface area contributed by atoms with Crippen LogP contribution in [0.5, 0.6) is 0 Å². The van der Waals surface area contributed by atoms with Gasteiger partial charge in [0.05, 0.1) is 0 Å². The Hall–Kier alpha value is -7.11. The molecule has 0 fully saturated rings. The number of fused-ring (bicyclic) bond motifs is 1. The standard InChI is InChI=1S/C47H31N5/c1-3-9-35(10-4-1)45-50-46(36-11-5-2-6-12-36)52-47(51-45)37-17-15-34(16-18-37)41-19-20-42(44-14-8-7-13-43(41)44)40-30-38(32-21-25-48-26-22-32)29-39(31-40)33-23-27-49-28-24-33/h1-31H. The van der Waals surface area contributed by atoms with E-state index in [9.17, 15) is 0 Å². The maximum Gasteiger partial charge on any atom is 0.164 e. The van der Waals surface area contributed by atoms with E-state index in [2.05, 4.69) is 113 Å². The summed E-state index contributed by atoms with van der Waals surface area (Å²) in [6, 6.07) is 56.8. The second-order valence-corrected chi connectivity index (χ2v) is 12.6. The van der Waals surface area contributed by atoms with Crippen LogP contribution in [0.25, 0.3) is 89.4 Å². The van der Waals surface area contributed by atoms with Crippen LogP contribution in [0, 0.1) is 0 Å². The minimum atomic E-state index is 0.638. The lowest BCUT2D eigenvalue weighted by atomic mass is 9.89. The molecule has 0 saturated carbocycles. The maximum atomic E-state index is 4.93. The van der Waals surface area contributed by atoms with E-state index in [-0.39, 0.29) is 0 Å². The Kier molecular flexibility index (Phi) is 8.12. The Morgan fingerprint density at radius 1 is 0.250 bits per heavy atom. The molecule has 3 heterocycles. The molecule has 3 aromatic heterocycles. The first-order chi connectivity index (χ1) is 25.8. The Morgan fingerprint density at radius 2 is 0.615 bits per heavy atom. The van der Waals surface area contributed by atoms with Crippen LogP contribution in [0.2, 0.25) is 0 Å². The van der Waals surface area contributed by atoms with Gasteiger partial charge in [-0.15, -0.1) is 0 Å². The minimum Gasteiger partial charge on any atom is -0.265 e. The van der Waals surface area contributed by atoms with Gasteiger partial charge in [-0.3, -0.25) is 9.97 Å². The summed E-state index contributed by atoms with van der Waals surface area (Å²) >= 11 is 0. The monoisotopic (exact) mass is 665 g/mol. The molecule has 0 N–H and O–H groups in total. The van der Waals surface area contributed by atoms with Crippen molar-refractivity contribution in [1.29, 1.82) is 0 Å². The number of rotatable bonds is 7. The van der Waals surface area contributed by atoms with Crippen molar-refractivity contribution in [2.75, 3.05) is 0 Å². The second-order valence-electron chi connectivity index (χ2n) is 12.6. The van der Waals surface area contributed by atoms with E-state index in [1.165, 1.54) is 16.3 Å². The average Bonchev–Trinajstić information content (AvgIpc) is 3.24. The molecule has 0 aliphatic heterocycles. The predicted octanol–water partition coefficient (Wildman–Crippen LogP) is 11.5. The smallest absolute Gasteiger partial charge is 0.164 e. The Balaban J connectivity index is 1.13. The predicted molar refractivity (Wildman–Crippen MR) is 211 cm³/mol. The normalized spacial score (nSPS) is 11.1. The molecule has 0 aliphatic carbocycles. The van der Waals surface area contributed by atoms with Gasteiger partial charge in [-0.2, -0.15) is 0 Å². The first-order valence-electron chi connectivity index (χ1n) is 17.2. The van der Waals surface area contributed by atoms with Gasteiger partial charge in [0, 0.05) is 41.5 Å². The highest BCUT2D eigenvalue weighted by Crippen LogP contribution is 2.39. The molecule has 9 aromatic rings. The molecule has 0 saturated heterocycles. The van der Waals surface area contributed by atoms with Gasteiger partial charge >= 0.3 is 0 Å². The molecule has 244 valence electrons. The highest BCUT2D eigenvalue weighted by atomic mass is 15.0. The molecular weight excluding hydrogens is 635 g/mol. The maximum absolute atomic E-state index is 4.93. The zero-order chi connectivity index (χ0) is 34.7.